The maximum absolute atomic E-state index is 12.0. The fourth-order valence-corrected chi connectivity index (χ4v) is 4.35. The lowest BCUT2D eigenvalue weighted by Gasteiger charge is -2.31. The molecule has 2 N–H and O–H groups in total. The van der Waals surface area contributed by atoms with Crippen molar-refractivity contribution in [2.45, 2.75) is 17.7 Å². The second-order valence-electron chi connectivity index (χ2n) is 4.84. The van der Waals surface area contributed by atoms with Gasteiger partial charge in [-0.05, 0) is 11.6 Å². The van der Waals surface area contributed by atoms with E-state index in [0.717, 1.165) is 0 Å². The summed E-state index contributed by atoms with van der Waals surface area (Å²) in [6, 6.07) is 6.81. The minimum Gasteiger partial charge on any atom is -0.396 e. The SMILES string of the molecule is CC(CO)(CO)C1CS(=O)(=O)c2ccccc21. The molecule has 1 heterocycles. The Morgan fingerprint density at radius 2 is 1.88 bits per heavy atom. The van der Waals surface area contributed by atoms with Gasteiger partial charge in [0.25, 0.3) is 0 Å². The van der Waals surface area contributed by atoms with Crippen LogP contribution in [-0.2, 0) is 9.84 Å². The molecule has 1 aliphatic heterocycles. The minimum atomic E-state index is -3.28. The van der Waals surface area contributed by atoms with E-state index in [-0.39, 0.29) is 24.9 Å². The molecule has 0 amide bonds. The van der Waals surface area contributed by atoms with Crippen LogP contribution < -0.4 is 0 Å². The molecule has 4 nitrogen and oxygen atoms in total. The average molecular weight is 256 g/mol. The Kier molecular flexibility index (Phi) is 3.01. The molecular weight excluding hydrogens is 240 g/mol. The van der Waals surface area contributed by atoms with Crippen LogP contribution in [0.25, 0.3) is 0 Å². The smallest absolute Gasteiger partial charge is 0.179 e. The lowest BCUT2D eigenvalue weighted by atomic mass is 9.76. The van der Waals surface area contributed by atoms with Crippen molar-refractivity contribution in [2.24, 2.45) is 5.41 Å². The number of hydrogen-bond acceptors (Lipinski definition) is 4. The Bertz CT molecular complexity index is 517. The van der Waals surface area contributed by atoms with Crippen molar-refractivity contribution in [1.29, 1.82) is 0 Å². The quantitative estimate of drug-likeness (QED) is 0.828. The maximum Gasteiger partial charge on any atom is 0.179 e. The highest BCUT2D eigenvalue weighted by atomic mass is 32.2. The van der Waals surface area contributed by atoms with Gasteiger partial charge in [0, 0.05) is 11.3 Å². The third-order valence-electron chi connectivity index (χ3n) is 3.58. The molecule has 0 radical (unpaired) electrons. The van der Waals surface area contributed by atoms with Gasteiger partial charge in [-0.1, -0.05) is 25.1 Å². The lowest BCUT2D eigenvalue weighted by Crippen LogP contribution is -2.34. The molecule has 0 saturated heterocycles. The molecule has 94 valence electrons. The molecule has 1 unspecified atom stereocenters. The van der Waals surface area contributed by atoms with E-state index >= 15 is 0 Å². The summed E-state index contributed by atoms with van der Waals surface area (Å²) >= 11 is 0. The van der Waals surface area contributed by atoms with Gasteiger partial charge in [0.05, 0.1) is 23.9 Å². The van der Waals surface area contributed by atoms with Crippen molar-refractivity contribution < 1.29 is 18.6 Å². The Labute approximate surface area is 101 Å². The van der Waals surface area contributed by atoms with E-state index in [1.54, 1.807) is 31.2 Å². The average Bonchev–Trinajstić information content (AvgIpc) is 2.62. The summed E-state index contributed by atoms with van der Waals surface area (Å²) in [4.78, 5) is 0.332. The number of benzene rings is 1. The minimum absolute atomic E-state index is 0.0377. The summed E-state index contributed by atoms with van der Waals surface area (Å²) in [7, 11) is -3.28. The predicted octanol–water partition coefficient (Wildman–Crippen LogP) is 0.548. The third kappa shape index (κ3) is 1.88. The zero-order valence-electron chi connectivity index (χ0n) is 9.63. The van der Waals surface area contributed by atoms with E-state index < -0.39 is 15.3 Å². The van der Waals surface area contributed by atoms with Gasteiger partial charge < -0.3 is 10.2 Å². The van der Waals surface area contributed by atoms with Gasteiger partial charge in [-0.25, -0.2) is 8.42 Å². The molecule has 1 aliphatic rings. The van der Waals surface area contributed by atoms with Crippen LogP contribution in [0.2, 0.25) is 0 Å². The zero-order valence-corrected chi connectivity index (χ0v) is 10.4. The molecule has 0 spiro atoms. The molecule has 0 saturated carbocycles. The second-order valence-corrected chi connectivity index (χ2v) is 6.84. The van der Waals surface area contributed by atoms with Crippen LogP contribution in [0.4, 0.5) is 0 Å². The third-order valence-corrected chi connectivity index (χ3v) is 5.39. The van der Waals surface area contributed by atoms with Gasteiger partial charge in [-0.3, -0.25) is 0 Å². The molecule has 1 aromatic rings. The first-order valence-electron chi connectivity index (χ1n) is 5.48. The maximum atomic E-state index is 12.0. The lowest BCUT2D eigenvalue weighted by molar-refractivity contribution is 0.0523. The van der Waals surface area contributed by atoms with Gasteiger partial charge in [-0.2, -0.15) is 0 Å². The monoisotopic (exact) mass is 256 g/mol. The van der Waals surface area contributed by atoms with Crippen LogP contribution in [-0.4, -0.2) is 37.6 Å². The fraction of sp³-hybridized carbons (Fsp3) is 0.500. The van der Waals surface area contributed by atoms with Crippen LogP contribution in [0.15, 0.2) is 29.2 Å². The largest absolute Gasteiger partial charge is 0.396 e. The number of hydrogen-bond donors (Lipinski definition) is 2. The van der Waals surface area contributed by atoms with Crippen LogP contribution in [0.3, 0.4) is 0 Å². The van der Waals surface area contributed by atoms with E-state index in [4.69, 9.17) is 0 Å². The van der Waals surface area contributed by atoms with Gasteiger partial charge in [0.2, 0.25) is 0 Å². The molecule has 1 aromatic carbocycles. The Hall–Kier alpha value is -0.910. The molecule has 5 heteroatoms. The number of sulfone groups is 1. The van der Waals surface area contributed by atoms with Crippen molar-refractivity contribution in [3.63, 3.8) is 0 Å². The van der Waals surface area contributed by atoms with E-state index in [0.29, 0.717) is 10.5 Å². The van der Waals surface area contributed by atoms with Crippen LogP contribution in [0.5, 0.6) is 0 Å². The first-order valence-corrected chi connectivity index (χ1v) is 7.13. The van der Waals surface area contributed by atoms with E-state index in [1.807, 2.05) is 0 Å². The van der Waals surface area contributed by atoms with Gasteiger partial charge in [0.15, 0.2) is 9.84 Å². The topological polar surface area (TPSA) is 74.6 Å². The molecule has 0 aromatic heterocycles. The van der Waals surface area contributed by atoms with Crippen LogP contribution >= 0.6 is 0 Å². The molecule has 1 atom stereocenters. The summed E-state index contributed by atoms with van der Waals surface area (Å²) in [6.07, 6.45) is 0. The number of aliphatic hydroxyl groups excluding tert-OH is 2. The number of fused-ring (bicyclic) bond motifs is 1. The summed E-state index contributed by atoms with van der Waals surface area (Å²) in [5.41, 5.74) is -0.0993. The second kappa shape index (κ2) is 4.08. The van der Waals surface area contributed by atoms with Crippen molar-refractivity contribution in [1.82, 2.24) is 0 Å². The highest BCUT2D eigenvalue weighted by Gasteiger charge is 2.44. The molecular formula is C12H16O4S. The summed E-state index contributed by atoms with van der Waals surface area (Å²) in [5, 5.41) is 18.8. The first-order chi connectivity index (χ1) is 7.94. The van der Waals surface area contributed by atoms with Gasteiger partial charge in [-0.15, -0.1) is 0 Å². The number of rotatable bonds is 3. The number of aliphatic hydroxyl groups is 2. The molecule has 0 fully saturated rings. The van der Waals surface area contributed by atoms with E-state index in [9.17, 15) is 18.6 Å². The van der Waals surface area contributed by atoms with E-state index in [1.165, 1.54) is 0 Å². The van der Waals surface area contributed by atoms with Crippen molar-refractivity contribution in [3.05, 3.63) is 29.8 Å². The Morgan fingerprint density at radius 3 is 2.47 bits per heavy atom. The van der Waals surface area contributed by atoms with Crippen molar-refractivity contribution in [2.75, 3.05) is 19.0 Å². The van der Waals surface area contributed by atoms with Gasteiger partial charge >= 0.3 is 0 Å². The van der Waals surface area contributed by atoms with Gasteiger partial charge in [0.1, 0.15) is 0 Å². The van der Waals surface area contributed by atoms with Crippen molar-refractivity contribution >= 4 is 9.84 Å². The van der Waals surface area contributed by atoms with Crippen molar-refractivity contribution in [3.8, 4) is 0 Å². The normalized spacial score (nSPS) is 22.4. The van der Waals surface area contributed by atoms with E-state index in [2.05, 4.69) is 0 Å². The summed E-state index contributed by atoms with van der Waals surface area (Å²) in [6.45, 7) is 1.23. The zero-order chi connectivity index (χ0) is 12.7. The van der Waals surface area contributed by atoms with Crippen LogP contribution in [0, 0.1) is 5.41 Å². The molecule has 0 bridgehead atoms. The summed E-state index contributed by atoms with van der Waals surface area (Å²) < 4.78 is 24.0. The van der Waals surface area contributed by atoms with Crippen LogP contribution in [0.1, 0.15) is 18.4 Å². The molecule has 17 heavy (non-hydrogen) atoms. The Balaban J connectivity index is 2.56. The first kappa shape index (κ1) is 12.5. The highest BCUT2D eigenvalue weighted by Crippen LogP contribution is 2.44. The molecule has 0 aliphatic carbocycles. The molecule has 2 rings (SSSR count). The highest BCUT2D eigenvalue weighted by molar-refractivity contribution is 7.91. The predicted molar refractivity (Wildman–Crippen MR) is 63.5 cm³/mol. The Morgan fingerprint density at radius 1 is 1.29 bits per heavy atom. The fourth-order valence-electron chi connectivity index (χ4n) is 2.30. The summed E-state index contributed by atoms with van der Waals surface area (Å²) in [5.74, 6) is -0.386. The standard InChI is InChI=1S/C12H16O4S/c1-12(7-13,8-14)10-6-17(15,16)11-5-3-2-4-9(10)11/h2-5,10,13-14H,6-8H2,1H3.